The van der Waals surface area contributed by atoms with Crippen molar-refractivity contribution >= 4 is 20.4 Å². The molecule has 0 bridgehead atoms. The summed E-state index contributed by atoms with van der Waals surface area (Å²) in [6, 6.07) is 3.55. The molecule has 0 saturated carbocycles. The second-order valence-electron chi connectivity index (χ2n) is 10.2. The summed E-state index contributed by atoms with van der Waals surface area (Å²) in [4.78, 5) is 27.9. The lowest BCUT2D eigenvalue weighted by atomic mass is 9.97. The Morgan fingerprint density at radius 2 is 1.53 bits per heavy atom. The first-order valence-electron chi connectivity index (χ1n) is 13.4. The summed E-state index contributed by atoms with van der Waals surface area (Å²) >= 11 is 0. The van der Waals surface area contributed by atoms with Crippen LogP contribution in [0.3, 0.4) is 0 Å². The Balaban J connectivity index is 0.00000142. The van der Waals surface area contributed by atoms with Crippen molar-refractivity contribution in [2.45, 2.75) is 65.0 Å². The van der Waals surface area contributed by atoms with Gasteiger partial charge in [0.2, 0.25) is 0 Å². The van der Waals surface area contributed by atoms with E-state index < -0.39 is 53.4 Å². The van der Waals surface area contributed by atoms with E-state index in [1.807, 2.05) is 6.92 Å². The smallest absolute Gasteiger partial charge is 0.416 e. The fourth-order valence-electron chi connectivity index (χ4n) is 4.68. The number of carboxylic acid groups (broad SMARTS) is 1. The van der Waals surface area contributed by atoms with E-state index in [0.717, 1.165) is 23.4 Å². The summed E-state index contributed by atoms with van der Waals surface area (Å²) in [5, 5.41) is 7.72. The number of halogens is 7. The molecule has 14 heteroatoms. The van der Waals surface area contributed by atoms with Gasteiger partial charge in [-0.1, -0.05) is 19.9 Å². The second kappa shape index (κ2) is 15.4. The van der Waals surface area contributed by atoms with Crippen molar-refractivity contribution in [2.75, 3.05) is 33.2 Å². The maximum Gasteiger partial charge on any atom is 0.416 e. The van der Waals surface area contributed by atoms with Crippen molar-refractivity contribution in [3.63, 3.8) is 0 Å². The average molecular weight is 618 g/mol. The molecule has 3 rings (SSSR count). The molecule has 6 nitrogen and oxygen atoms in total. The highest BCUT2D eigenvalue weighted by Gasteiger charge is 2.39. The predicted molar refractivity (Wildman–Crippen MR) is 149 cm³/mol. The van der Waals surface area contributed by atoms with Crippen LogP contribution in [0.4, 0.5) is 35.5 Å². The Morgan fingerprint density at radius 3 is 1.98 bits per heavy atom. The Bertz CT molecular complexity index is 1210. The maximum atomic E-state index is 13.8. The molecule has 1 saturated heterocycles. The number of benzene rings is 2. The zero-order valence-corrected chi connectivity index (χ0v) is 24.7. The number of carbonyl (C=O) groups is 2. The third-order valence-electron chi connectivity index (χ3n) is 7.12. The molecule has 0 aromatic heterocycles. The lowest BCUT2D eigenvalue weighted by Crippen LogP contribution is -2.54. The number of urea groups is 1. The normalized spacial score (nSPS) is 16.5. The quantitative estimate of drug-likeness (QED) is 0.276. The van der Waals surface area contributed by atoms with Gasteiger partial charge in [-0.15, -0.1) is 0 Å². The van der Waals surface area contributed by atoms with E-state index in [4.69, 9.17) is 5.11 Å². The molecule has 43 heavy (non-hydrogen) atoms. The highest BCUT2D eigenvalue weighted by molar-refractivity contribution is 5.76. The number of piperazine rings is 1. The number of alkyl halides is 6. The standard InChI is InChI=1S/C26H30F7N3O.C3H6O2.B/c1-5-8-35-9-10-36(23(15-35)22-7-6-21(27)11-16(22)2)24(37)34(4)17(3)18-12-19(25(28,29)30)14-20(13-18)26(31,32)33;1-2-3(4)5;/h6-7,11-14,17,23H,5,8-10,15H2,1-4H3;2H2,1H3,(H,4,5);/t17-,23-;;/m1../s1. The van der Waals surface area contributed by atoms with Crippen molar-refractivity contribution in [1.82, 2.24) is 14.7 Å². The highest BCUT2D eigenvalue weighted by atomic mass is 19.4. The summed E-state index contributed by atoms with van der Waals surface area (Å²) in [6.07, 6.45) is -8.87. The summed E-state index contributed by atoms with van der Waals surface area (Å²) < 4.78 is 94.0. The molecule has 2 aromatic carbocycles. The van der Waals surface area contributed by atoms with Crippen LogP contribution in [0.15, 0.2) is 36.4 Å². The van der Waals surface area contributed by atoms with Gasteiger partial charge in [-0.2, -0.15) is 26.3 Å². The molecule has 0 aliphatic carbocycles. The van der Waals surface area contributed by atoms with E-state index in [2.05, 4.69) is 4.90 Å². The van der Waals surface area contributed by atoms with Gasteiger partial charge < -0.3 is 14.9 Å². The fourth-order valence-corrected chi connectivity index (χ4v) is 4.68. The van der Waals surface area contributed by atoms with Crippen molar-refractivity contribution in [3.8, 4) is 0 Å². The van der Waals surface area contributed by atoms with Gasteiger partial charge >= 0.3 is 24.4 Å². The molecule has 0 unspecified atom stereocenters. The first kappa shape index (κ1) is 37.7. The summed E-state index contributed by atoms with van der Waals surface area (Å²) in [6.45, 7) is 8.85. The van der Waals surface area contributed by atoms with Crippen molar-refractivity contribution in [2.24, 2.45) is 0 Å². The molecule has 1 fully saturated rings. The number of aliphatic carboxylic acids is 1. The molecule has 0 spiro atoms. The van der Waals surface area contributed by atoms with Gasteiger partial charge in [-0.05, 0) is 73.8 Å². The van der Waals surface area contributed by atoms with Gasteiger partial charge in [-0.3, -0.25) is 9.69 Å². The van der Waals surface area contributed by atoms with E-state index in [1.165, 1.54) is 26.1 Å². The minimum Gasteiger partial charge on any atom is -0.481 e. The van der Waals surface area contributed by atoms with Crippen LogP contribution in [0.2, 0.25) is 0 Å². The number of nitrogens with zero attached hydrogens (tertiary/aromatic N) is 3. The number of hydrogen-bond donors (Lipinski definition) is 1. The molecule has 1 heterocycles. The number of carbonyl (C=O) groups excluding carboxylic acids is 1. The SMILES string of the molecule is CCC(=O)O.CCCN1CCN(C(=O)N(C)[C@H](C)c2cc(C(F)(F)F)cc(C(F)(F)F)c2)[C@@H](c2ccc(F)cc2C)C1.[B]. The summed E-state index contributed by atoms with van der Waals surface area (Å²) in [5.41, 5.74) is -1.77. The van der Waals surface area contributed by atoms with Crippen LogP contribution >= 0.6 is 0 Å². The first-order chi connectivity index (χ1) is 19.4. The van der Waals surface area contributed by atoms with Gasteiger partial charge in [0.1, 0.15) is 5.82 Å². The van der Waals surface area contributed by atoms with Crippen molar-refractivity contribution < 1.29 is 45.4 Å². The molecule has 1 aliphatic heterocycles. The predicted octanol–water partition coefficient (Wildman–Crippen LogP) is 7.15. The molecule has 2 amide bonds. The van der Waals surface area contributed by atoms with Gasteiger partial charge in [0.05, 0.1) is 23.2 Å². The van der Waals surface area contributed by atoms with E-state index in [-0.39, 0.29) is 26.5 Å². The van der Waals surface area contributed by atoms with E-state index in [1.54, 1.807) is 24.8 Å². The van der Waals surface area contributed by atoms with Crippen LogP contribution in [-0.2, 0) is 17.1 Å². The molecule has 2 atom stereocenters. The minimum atomic E-state index is -4.99. The summed E-state index contributed by atoms with van der Waals surface area (Å²) in [7, 11) is 1.35. The number of aryl methyl sites for hydroxylation is 1. The zero-order valence-electron chi connectivity index (χ0n) is 24.7. The van der Waals surface area contributed by atoms with Gasteiger partial charge in [0, 0.05) is 41.5 Å². The Kier molecular flexibility index (Phi) is 13.6. The second-order valence-corrected chi connectivity index (χ2v) is 10.2. The maximum absolute atomic E-state index is 13.8. The molecule has 3 radical (unpaired) electrons. The Hall–Kier alpha value is -3.29. The van der Waals surface area contributed by atoms with Crippen LogP contribution in [0, 0.1) is 12.7 Å². The van der Waals surface area contributed by atoms with Gasteiger partial charge in [0.15, 0.2) is 0 Å². The fraction of sp³-hybridized carbons (Fsp3) is 0.517. The van der Waals surface area contributed by atoms with E-state index in [9.17, 15) is 40.3 Å². The van der Waals surface area contributed by atoms with Gasteiger partial charge in [-0.25, -0.2) is 9.18 Å². The third kappa shape index (κ3) is 10.1. The molecular formula is C29H36BF7N3O3. The van der Waals surface area contributed by atoms with Crippen molar-refractivity contribution in [3.05, 3.63) is 70.0 Å². The van der Waals surface area contributed by atoms with E-state index in [0.29, 0.717) is 37.3 Å². The number of rotatable bonds is 6. The average Bonchev–Trinajstić information content (AvgIpc) is 2.91. The molecule has 1 N–H and O–H groups in total. The lowest BCUT2D eigenvalue weighted by Gasteiger charge is -2.44. The molecular weight excluding hydrogens is 582 g/mol. The first-order valence-corrected chi connectivity index (χ1v) is 13.4. The van der Waals surface area contributed by atoms with Crippen molar-refractivity contribution in [1.29, 1.82) is 0 Å². The Morgan fingerprint density at radius 1 is 1.00 bits per heavy atom. The van der Waals surface area contributed by atoms with E-state index >= 15 is 0 Å². The summed E-state index contributed by atoms with van der Waals surface area (Å²) in [5.74, 6) is -1.17. The molecule has 237 valence electrons. The molecule has 2 aromatic rings. The minimum absolute atomic E-state index is 0. The van der Waals surface area contributed by atoms with Crippen LogP contribution in [0.25, 0.3) is 0 Å². The van der Waals surface area contributed by atoms with Gasteiger partial charge in [0.25, 0.3) is 0 Å². The monoisotopic (exact) mass is 618 g/mol. The topological polar surface area (TPSA) is 64.1 Å². The third-order valence-corrected chi connectivity index (χ3v) is 7.12. The molecule has 1 aliphatic rings. The lowest BCUT2D eigenvalue weighted by molar-refractivity contribution is -0.143. The van der Waals surface area contributed by atoms with Crippen LogP contribution in [0.1, 0.15) is 73.5 Å². The number of carboxylic acids is 1. The highest BCUT2D eigenvalue weighted by Crippen LogP contribution is 2.39. The van der Waals surface area contributed by atoms with Crippen LogP contribution in [-0.4, -0.2) is 73.4 Å². The Labute approximate surface area is 249 Å². The van der Waals surface area contributed by atoms with Crippen LogP contribution < -0.4 is 0 Å². The number of amides is 2. The zero-order chi connectivity index (χ0) is 32.0. The largest absolute Gasteiger partial charge is 0.481 e. The number of hydrogen-bond acceptors (Lipinski definition) is 3. The van der Waals surface area contributed by atoms with Crippen LogP contribution in [0.5, 0.6) is 0 Å².